The van der Waals surface area contributed by atoms with Crippen LogP contribution in [0.4, 0.5) is 0 Å². The van der Waals surface area contributed by atoms with E-state index in [0.717, 1.165) is 51.7 Å². The van der Waals surface area contributed by atoms with E-state index >= 15 is 0 Å². The summed E-state index contributed by atoms with van der Waals surface area (Å²) < 4.78 is 0. The summed E-state index contributed by atoms with van der Waals surface area (Å²) in [7, 11) is 0. The predicted molar refractivity (Wildman–Crippen MR) is 212 cm³/mol. The lowest BCUT2D eigenvalue weighted by Crippen LogP contribution is -2.36. The first-order valence-corrected chi connectivity index (χ1v) is 17.6. The molecule has 0 bridgehead atoms. The Balaban J connectivity index is 1.20. The van der Waals surface area contributed by atoms with Crippen LogP contribution in [0.1, 0.15) is 52.1 Å². The molecule has 2 atom stereocenters. The van der Waals surface area contributed by atoms with Crippen molar-refractivity contribution in [2.24, 2.45) is 9.98 Å². The Morgan fingerprint density at radius 3 is 2.02 bits per heavy atom. The van der Waals surface area contributed by atoms with Crippen LogP contribution in [0.25, 0.3) is 38.2 Å². The maximum Gasteiger partial charge on any atom is 0.169 e. The molecule has 0 saturated carbocycles. The van der Waals surface area contributed by atoms with Gasteiger partial charge in [-0.3, -0.25) is 4.98 Å². The van der Waals surface area contributed by atoms with Gasteiger partial charge in [0.1, 0.15) is 11.7 Å². The average Bonchev–Trinajstić information content (AvgIpc) is 3.21. The summed E-state index contributed by atoms with van der Waals surface area (Å²) in [6.45, 7) is 2.04. The molecule has 2 aliphatic rings. The van der Waals surface area contributed by atoms with Crippen molar-refractivity contribution in [1.82, 2.24) is 10.3 Å². The summed E-state index contributed by atoms with van der Waals surface area (Å²) >= 11 is 0. The number of amidine groups is 2. The maximum atomic E-state index is 5.27. The fourth-order valence-corrected chi connectivity index (χ4v) is 7.33. The molecule has 0 saturated heterocycles. The molecular formula is C47H36N4. The van der Waals surface area contributed by atoms with Gasteiger partial charge in [0.15, 0.2) is 6.17 Å². The van der Waals surface area contributed by atoms with Crippen LogP contribution >= 0.6 is 0 Å². The van der Waals surface area contributed by atoms with Crippen LogP contribution in [0.15, 0.2) is 180 Å². The second-order valence-electron chi connectivity index (χ2n) is 13.3. The molecule has 51 heavy (non-hydrogen) atoms. The summed E-state index contributed by atoms with van der Waals surface area (Å²) in [4.78, 5) is 15.2. The molecule has 0 spiro atoms. The molecule has 0 fully saturated rings. The van der Waals surface area contributed by atoms with Gasteiger partial charge in [0, 0.05) is 22.7 Å². The lowest BCUT2D eigenvalue weighted by molar-refractivity contribution is 0.755. The van der Waals surface area contributed by atoms with Gasteiger partial charge < -0.3 is 5.32 Å². The van der Waals surface area contributed by atoms with E-state index in [1.807, 2.05) is 25.1 Å². The third-order valence-electron chi connectivity index (χ3n) is 9.90. The smallest absolute Gasteiger partial charge is 0.169 e. The highest BCUT2D eigenvalue weighted by molar-refractivity contribution is 6.17. The summed E-state index contributed by atoms with van der Waals surface area (Å²) in [6, 6.07) is 53.7. The van der Waals surface area contributed by atoms with Crippen LogP contribution in [-0.2, 0) is 0 Å². The van der Waals surface area contributed by atoms with E-state index in [1.54, 1.807) is 0 Å². The second kappa shape index (κ2) is 13.1. The molecule has 9 rings (SSSR count). The standard InChI is InChI=1S/C47H36N4/c1-31-13-12-22-44(48-31)33-25-23-32(24-26-33)37-27-38(43-30-36-18-8-9-19-40(36)41-20-10-11-21-42(41)43)29-39(28-37)47-50-45(34-14-4-2-5-15-34)49-46(51-47)35-16-6-3-7-17-35/h2-23,25-30,32,45H,24H2,1H3,(H,49,50,51). The van der Waals surface area contributed by atoms with Crippen molar-refractivity contribution in [2.75, 3.05) is 0 Å². The number of rotatable bonds is 6. The third-order valence-corrected chi connectivity index (χ3v) is 9.90. The predicted octanol–water partition coefficient (Wildman–Crippen LogP) is 11.0. The number of aliphatic imine (C=N–C) groups is 2. The van der Waals surface area contributed by atoms with E-state index < -0.39 is 0 Å². The number of nitrogens with zero attached hydrogens (tertiary/aromatic N) is 3. The van der Waals surface area contributed by atoms with Crippen LogP contribution in [-0.4, -0.2) is 16.7 Å². The van der Waals surface area contributed by atoms with Crippen molar-refractivity contribution in [3.05, 3.63) is 204 Å². The summed E-state index contributed by atoms with van der Waals surface area (Å²) in [6.07, 6.45) is 7.40. The van der Waals surface area contributed by atoms with Crippen LogP contribution in [0.3, 0.4) is 0 Å². The van der Waals surface area contributed by atoms with Crippen LogP contribution < -0.4 is 5.32 Å². The number of pyridine rings is 1. The highest BCUT2D eigenvalue weighted by Crippen LogP contribution is 2.39. The minimum absolute atomic E-state index is 0.195. The number of hydrogen-bond donors (Lipinski definition) is 1. The highest BCUT2D eigenvalue weighted by atomic mass is 15.2. The first-order valence-electron chi connectivity index (χ1n) is 17.6. The Hall–Kier alpha value is -6.39. The van der Waals surface area contributed by atoms with E-state index in [0.29, 0.717) is 0 Å². The Kier molecular flexibility index (Phi) is 7.90. The van der Waals surface area contributed by atoms with Crippen LogP contribution in [0, 0.1) is 6.92 Å². The van der Waals surface area contributed by atoms with Crippen molar-refractivity contribution < 1.29 is 0 Å². The topological polar surface area (TPSA) is 49.6 Å². The molecule has 4 nitrogen and oxygen atoms in total. The van der Waals surface area contributed by atoms with Gasteiger partial charge in [-0.05, 0) is 93.0 Å². The average molecular weight is 657 g/mol. The number of fused-ring (bicyclic) bond motifs is 3. The zero-order valence-corrected chi connectivity index (χ0v) is 28.4. The van der Waals surface area contributed by atoms with Crippen molar-refractivity contribution in [3.63, 3.8) is 0 Å². The molecule has 0 amide bonds. The Labute approximate surface area is 298 Å². The normalized spacial score (nSPS) is 17.1. The van der Waals surface area contributed by atoms with Crippen molar-refractivity contribution in [1.29, 1.82) is 0 Å². The first-order chi connectivity index (χ1) is 25.2. The van der Waals surface area contributed by atoms with E-state index in [1.165, 1.54) is 38.2 Å². The van der Waals surface area contributed by atoms with Gasteiger partial charge in [0.05, 0.1) is 5.69 Å². The monoisotopic (exact) mass is 656 g/mol. The molecule has 0 radical (unpaired) electrons. The van der Waals surface area contributed by atoms with Gasteiger partial charge >= 0.3 is 0 Å². The van der Waals surface area contributed by atoms with E-state index in [2.05, 4.69) is 157 Å². The van der Waals surface area contributed by atoms with Gasteiger partial charge in [-0.2, -0.15) is 0 Å². The van der Waals surface area contributed by atoms with Gasteiger partial charge in [-0.1, -0.05) is 140 Å². The van der Waals surface area contributed by atoms with E-state index in [-0.39, 0.29) is 12.1 Å². The quantitative estimate of drug-likeness (QED) is 0.181. The molecular weight excluding hydrogens is 621 g/mol. The lowest BCUT2D eigenvalue weighted by Gasteiger charge is -2.24. The number of nitrogens with one attached hydrogen (secondary N) is 1. The SMILES string of the molecule is Cc1cccc(C2=CCC(c3cc(C4=NC(c5ccccc5)N=C(c5ccccc5)N4)cc(-c4cc5ccccc5c5ccccc45)c3)C=C2)n1. The number of aromatic nitrogens is 1. The lowest BCUT2D eigenvalue weighted by atomic mass is 9.85. The molecule has 1 aliphatic heterocycles. The number of hydrogen-bond acceptors (Lipinski definition) is 4. The molecule has 1 aliphatic carbocycles. The number of benzene rings is 6. The number of allylic oxidation sites excluding steroid dienone is 4. The fourth-order valence-electron chi connectivity index (χ4n) is 7.33. The molecule has 2 heterocycles. The summed E-state index contributed by atoms with van der Waals surface area (Å²) in [5.74, 6) is 1.82. The molecule has 1 N–H and O–H groups in total. The molecule has 244 valence electrons. The van der Waals surface area contributed by atoms with Gasteiger partial charge in [0.25, 0.3) is 0 Å². The molecule has 2 unspecified atom stereocenters. The maximum absolute atomic E-state index is 5.27. The number of aryl methyl sites for hydroxylation is 1. The minimum atomic E-state index is -0.367. The van der Waals surface area contributed by atoms with Crippen LogP contribution in [0.5, 0.6) is 0 Å². The zero-order valence-electron chi connectivity index (χ0n) is 28.4. The Morgan fingerprint density at radius 1 is 0.569 bits per heavy atom. The van der Waals surface area contributed by atoms with Crippen LogP contribution in [0.2, 0.25) is 0 Å². The van der Waals surface area contributed by atoms with Gasteiger partial charge in [-0.15, -0.1) is 0 Å². The fraction of sp³-hybridized carbons (Fsp3) is 0.0851. The molecule has 7 aromatic rings. The highest BCUT2D eigenvalue weighted by Gasteiger charge is 2.23. The first kappa shape index (κ1) is 30.7. The van der Waals surface area contributed by atoms with Crippen molar-refractivity contribution in [2.45, 2.75) is 25.4 Å². The van der Waals surface area contributed by atoms with Gasteiger partial charge in [-0.25, -0.2) is 9.98 Å². The van der Waals surface area contributed by atoms with Crippen molar-refractivity contribution >= 4 is 38.8 Å². The largest absolute Gasteiger partial charge is 0.324 e. The van der Waals surface area contributed by atoms with Crippen molar-refractivity contribution in [3.8, 4) is 11.1 Å². The summed E-state index contributed by atoms with van der Waals surface area (Å²) in [5.41, 5.74) is 9.94. The molecule has 1 aromatic heterocycles. The second-order valence-corrected chi connectivity index (χ2v) is 13.3. The van der Waals surface area contributed by atoms with E-state index in [4.69, 9.17) is 15.0 Å². The summed E-state index contributed by atoms with van der Waals surface area (Å²) in [5, 5.41) is 8.63. The zero-order chi connectivity index (χ0) is 34.1. The Morgan fingerprint density at radius 2 is 1.25 bits per heavy atom. The molecule has 6 aromatic carbocycles. The third kappa shape index (κ3) is 6.06. The molecule has 4 heteroatoms. The van der Waals surface area contributed by atoms with Gasteiger partial charge in [0.2, 0.25) is 0 Å². The van der Waals surface area contributed by atoms with E-state index in [9.17, 15) is 0 Å². The Bertz CT molecular complexity index is 2540. The minimum Gasteiger partial charge on any atom is -0.324 e.